The van der Waals surface area contributed by atoms with Crippen molar-refractivity contribution in [3.8, 4) is 0 Å². The Morgan fingerprint density at radius 1 is 1.10 bits per heavy atom. The van der Waals surface area contributed by atoms with E-state index in [9.17, 15) is 9.59 Å². The van der Waals surface area contributed by atoms with Crippen molar-refractivity contribution < 1.29 is 14.7 Å². The number of carboxylic acids is 1. The summed E-state index contributed by atoms with van der Waals surface area (Å²) in [5, 5.41) is 11.7. The van der Waals surface area contributed by atoms with Gasteiger partial charge in [0, 0.05) is 18.1 Å². The molecule has 0 aliphatic heterocycles. The van der Waals surface area contributed by atoms with E-state index in [1.807, 2.05) is 0 Å². The highest BCUT2D eigenvalue weighted by molar-refractivity contribution is 6.35. The predicted molar refractivity (Wildman–Crippen MR) is 75.6 cm³/mol. The van der Waals surface area contributed by atoms with Crippen LogP contribution >= 0.6 is 23.2 Å². The van der Waals surface area contributed by atoms with Gasteiger partial charge in [-0.05, 0) is 24.3 Å². The van der Waals surface area contributed by atoms with Crippen molar-refractivity contribution >= 4 is 40.8 Å². The fraction of sp³-hybridized carbons (Fsp3) is 0. The summed E-state index contributed by atoms with van der Waals surface area (Å²) in [6.45, 7) is 0. The molecule has 102 valence electrons. The van der Waals surface area contributed by atoms with Gasteiger partial charge in [0.25, 0.3) is 5.91 Å². The molecule has 0 spiro atoms. The molecule has 0 radical (unpaired) electrons. The summed E-state index contributed by atoms with van der Waals surface area (Å²) in [5.74, 6) is -1.59. The number of hydrogen-bond donors (Lipinski definition) is 2. The smallest absolute Gasteiger partial charge is 0.337 e. The fourth-order valence-corrected chi connectivity index (χ4v) is 1.96. The summed E-state index contributed by atoms with van der Waals surface area (Å²) in [5.41, 5.74) is 0.543. The number of benzene rings is 1. The van der Waals surface area contributed by atoms with Gasteiger partial charge in [0.2, 0.25) is 0 Å². The van der Waals surface area contributed by atoms with Crippen LogP contribution in [0.3, 0.4) is 0 Å². The monoisotopic (exact) mass is 310 g/mol. The van der Waals surface area contributed by atoms with Crippen LogP contribution in [0.15, 0.2) is 36.7 Å². The number of aromatic nitrogens is 1. The number of carbonyl (C=O) groups excluding carboxylic acids is 1. The molecule has 2 N–H and O–H groups in total. The number of carboxylic acid groups (broad SMARTS) is 1. The van der Waals surface area contributed by atoms with E-state index in [1.54, 1.807) is 0 Å². The van der Waals surface area contributed by atoms with Crippen molar-refractivity contribution in [2.45, 2.75) is 0 Å². The molecule has 1 amide bonds. The molecule has 0 saturated heterocycles. The maximum atomic E-state index is 12.0. The minimum atomic E-state index is -1.14. The van der Waals surface area contributed by atoms with E-state index in [1.165, 1.54) is 36.7 Å². The van der Waals surface area contributed by atoms with Gasteiger partial charge in [-0.2, -0.15) is 0 Å². The molecule has 0 bridgehead atoms. The third kappa shape index (κ3) is 3.07. The summed E-state index contributed by atoms with van der Waals surface area (Å²) in [6.07, 6.45) is 2.81. The highest BCUT2D eigenvalue weighted by Gasteiger charge is 2.13. The van der Waals surface area contributed by atoms with E-state index in [-0.39, 0.29) is 21.2 Å². The first kappa shape index (κ1) is 14.3. The van der Waals surface area contributed by atoms with E-state index in [0.717, 1.165) is 0 Å². The zero-order chi connectivity index (χ0) is 14.7. The Balaban J connectivity index is 2.23. The lowest BCUT2D eigenvalue weighted by molar-refractivity contribution is 0.0697. The van der Waals surface area contributed by atoms with E-state index in [2.05, 4.69) is 10.3 Å². The molecule has 0 fully saturated rings. The third-order valence-electron chi connectivity index (χ3n) is 2.47. The molecular formula is C13H8Cl2N2O3. The topological polar surface area (TPSA) is 79.3 Å². The van der Waals surface area contributed by atoms with Gasteiger partial charge in [0.1, 0.15) is 0 Å². The number of amides is 1. The summed E-state index contributed by atoms with van der Waals surface area (Å²) in [4.78, 5) is 26.6. The first-order chi connectivity index (χ1) is 9.49. The van der Waals surface area contributed by atoms with Crippen LogP contribution in [0.2, 0.25) is 10.0 Å². The first-order valence-corrected chi connectivity index (χ1v) is 6.18. The van der Waals surface area contributed by atoms with Gasteiger partial charge >= 0.3 is 5.97 Å². The molecule has 0 unspecified atom stereocenters. The number of anilines is 1. The maximum absolute atomic E-state index is 12.0. The van der Waals surface area contributed by atoms with Crippen LogP contribution in [0, 0.1) is 0 Å². The number of nitrogens with one attached hydrogen (secondary N) is 1. The SMILES string of the molecule is O=C(O)c1ccc(NC(=O)c2cnccc2Cl)cc1Cl. The fourth-order valence-electron chi connectivity index (χ4n) is 1.51. The van der Waals surface area contributed by atoms with Crippen molar-refractivity contribution in [2.75, 3.05) is 5.32 Å². The normalized spacial score (nSPS) is 10.1. The van der Waals surface area contributed by atoms with E-state index < -0.39 is 11.9 Å². The van der Waals surface area contributed by atoms with Gasteiger partial charge in [-0.25, -0.2) is 4.79 Å². The standard InChI is InChI=1S/C13H8Cl2N2O3/c14-10-3-4-16-6-9(10)12(18)17-7-1-2-8(13(19)20)11(15)5-7/h1-6H,(H,17,18)(H,19,20). The zero-order valence-corrected chi connectivity index (χ0v) is 11.4. The summed E-state index contributed by atoms with van der Waals surface area (Å²) >= 11 is 11.7. The average molecular weight is 311 g/mol. The van der Waals surface area contributed by atoms with Crippen LogP contribution < -0.4 is 5.32 Å². The van der Waals surface area contributed by atoms with Crippen molar-refractivity contribution in [3.05, 3.63) is 57.8 Å². The van der Waals surface area contributed by atoms with E-state index in [4.69, 9.17) is 28.3 Å². The lowest BCUT2D eigenvalue weighted by Crippen LogP contribution is -2.13. The van der Waals surface area contributed by atoms with Crippen molar-refractivity contribution in [1.82, 2.24) is 4.98 Å². The Kier molecular flexibility index (Phi) is 4.22. The molecular weight excluding hydrogens is 303 g/mol. The van der Waals surface area contributed by atoms with Crippen LogP contribution in [-0.4, -0.2) is 22.0 Å². The van der Waals surface area contributed by atoms with Gasteiger partial charge in [-0.3, -0.25) is 9.78 Å². The Morgan fingerprint density at radius 3 is 2.45 bits per heavy atom. The minimum absolute atomic E-state index is 0.0348. The Labute approximate surface area is 124 Å². The highest BCUT2D eigenvalue weighted by Crippen LogP contribution is 2.22. The van der Waals surface area contributed by atoms with Gasteiger partial charge in [-0.1, -0.05) is 23.2 Å². The van der Waals surface area contributed by atoms with E-state index in [0.29, 0.717) is 5.69 Å². The third-order valence-corrected chi connectivity index (χ3v) is 3.11. The lowest BCUT2D eigenvalue weighted by Gasteiger charge is -2.07. The Morgan fingerprint density at radius 2 is 1.85 bits per heavy atom. The predicted octanol–water partition coefficient (Wildman–Crippen LogP) is 3.34. The van der Waals surface area contributed by atoms with Crippen molar-refractivity contribution in [3.63, 3.8) is 0 Å². The minimum Gasteiger partial charge on any atom is -0.478 e. The Hall–Kier alpha value is -2.11. The second-order valence-electron chi connectivity index (χ2n) is 3.81. The molecule has 20 heavy (non-hydrogen) atoms. The maximum Gasteiger partial charge on any atom is 0.337 e. The highest BCUT2D eigenvalue weighted by atomic mass is 35.5. The molecule has 2 aromatic rings. The number of halogens is 2. The number of nitrogens with zero attached hydrogens (tertiary/aromatic N) is 1. The lowest BCUT2D eigenvalue weighted by atomic mass is 10.2. The number of aromatic carboxylic acids is 1. The summed E-state index contributed by atoms with van der Waals surface area (Å²) in [6, 6.07) is 5.60. The molecule has 2 rings (SSSR count). The summed E-state index contributed by atoms with van der Waals surface area (Å²) in [7, 11) is 0. The quantitative estimate of drug-likeness (QED) is 0.911. The zero-order valence-electron chi connectivity index (χ0n) is 9.93. The number of carbonyl (C=O) groups is 2. The van der Waals surface area contributed by atoms with Crippen LogP contribution in [0.5, 0.6) is 0 Å². The Bertz CT molecular complexity index is 689. The van der Waals surface area contributed by atoms with E-state index >= 15 is 0 Å². The average Bonchev–Trinajstić information content (AvgIpc) is 2.38. The van der Waals surface area contributed by atoms with Crippen molar-refractivity contribution in [2.24, 2.45) is 0 Å². The second-order valence-corrected chi connectivity index (χ2v) is 4.62. The van der Waals surface area contributed by atoms with Gasteiger partial charge < -0.3 is 10.4 Å². The summed E-state index contributed by atoms with van der Waals surface area (Å²) < 4.78 is 0. The largest absolute Gasteiger partial charge is 0.478 e. The van der Waals surface area contributed by atoms with Gasteiger partial charge in [0.15, 0.2) is 0 Å². The first-order valence-electron chi connectivity index (χ1n) is 5.42. The molecule has 5 nitrogen and oxygen atoms in total. The van der Waals surface area contributed by atoms with Crippen LogP contribution in [0.25, 0.3) is 0 Å². The number of hydrogen-bond acceptors (Lipinski definition) is 3. The van der Waals surface area contributed by atoms with Crippen molar-refractivity contribution in [1.29, 1.82) is 0 Å². The molecule has 1 heterocycles. The van der Waals surface area contributed by atoms with Crippen LogP contribution in [0.1, 0.15) is 20.7 Å². The van der Waals surface area contributed by atoms with Crippen LogP contribution in [-0.2, 0) is 0 Å². The number of rotatable bonds is 3. The molecule has 7 heteroatoms. The molecule has 0 atom stereocenters. The number of pyridine rings is 1. The second kappa shape index (κ2) is 5.90. The van der Waals surface area contributed by atoms with Gasteiger partial charge in [-0.15, -0.1) is 0 Å². The molecule has 0 aliphatic carbocycles. The molecule has 0 aliphatic rings. The molecule has 1 aromatic carbocycles. The van der Waals surface area contributed by atoms with Crippen LogP contribution in [0.4, 0.5) is 5.69 Å². The van der Waals surface area contributed by atoms with Gasteiger partial charge in [0.05, 0.1) is 21.2 Å². The molecule has 0 saturated carbocycles. The molecule has 1 aromatic heterocycles.